The van der Waals surface area contributed by atoms with E-state index < -0.39 is 6.04 Å². The van der Waals surface area contributed by atoms with Gasteiger partial charge >= 0.3 is 0 Å². The minimum atomic E-state index is -0.621. The lowest BCUT2D eigenvalue weighted by Gasteiger charge is -2.20. The van der Waals surface area contributed by atoms with Crippen LogP contribution in [0.1, 0.15) is 27.5 Å². The minimum Gasteiger partial charge on any atom is -0.497 e. The van der Waals surface area contributed by atoms with Crippen LogP contribution in [0.15, 0.2) is 48.7 Å². The molecule has 170 valence electrons. The zero-order valence-electron chi connectivity index (χ0n) is 17.6. The molecule has 2 aromatic carbocycles. The number of hydrogen-bond donors (Lipinski definition) is 2. The highest BCUT2D eigenvalue weighted by molar-refractivity contribution is 6.33. The third-order valence-corrected chi connectivity index (χ3v) is 5.78. The molecule has 1 aliphatic heterocycles. The standard InChI is InChI=1S/C23H20Cl2N4O4/c1-33-16-4-2-3-13(7-16)19(12-30)27-20(31)11-29-10-15-6-5-14(8-17(15)22(29)32)21-18(24)9-26-23(25)28-21/h2-9,19,30H,10-12H2,1H3,(H,27,31)/t19-/m1/s1. The number of hydrogen-bond acceptors (Lipinski definition) is 6. The van der Waals surface area contributed by atoms with Crippen LogP contribution in [0.4, 0.5) is 0 Å². The van der Waals surface area contributed by atoms with Crippen LogP contribution in [0.5, 0.6) is 5.75 Å². The number of fused-ring (bicyclic) bond motifs is 1. The van der Waals surface area contributed by atoms with Gasteiger partial charge in [0.1, 0.15) is 12.3 Å². The van der Waals surface area contributed by atoms with Crippen LogP contribution in [-0.2, 0) is 11.3 Å². The van der Waals surface area contributed by atoms with Gasteiger partial charge in [-0.25, -0.2) is 9.97 Å². The predicted octanol–water partition coefficient (Wildman–Crippen LogP) is 3.26. The van der Waals surface area contributed by atoms with Gasteiger partial charge in [-0.15, -0.1) is 0 Å². The van der Waals surface area contributed by atoms with Gasteiger partial charge in [-0.2, -0.15) is 0 Å². The zero-order chi connectivity index (χ0) is 23.5. The van der Waals surface area contributed by atoms with Crippen LogP contribution in [0.3, 0.4) is 0 Å². The Kier molecular flexibility index (Phi) is 6.78. The molecule has 8 nitrogen and oxygen atoms in total. The number of aliphatic hydroxyl groups is 1. The highest BCUT2D eigenvalue weighted by Crippen LogP contribution is 2.31. The first kappa shape index (κ1) is 23.0. The molecular formula is C23H20Cl2N4O4. The first-order valence-electron chi connectivity index (χ1n) is 10.0. The molecule has 0 bridgehead atoms. The van der Waals surface area contributed by atoms with E-state index in [1.54, 1.807) is 49.6 Å². The van der Waals surface area contributed by atoms with Crippen molar-refractivity contribution < 1.29 is 19.4 Å². The largest absolute Gasteiger partial charge is 0.497 e. The van der Waals surface area contributed by atoms with E-state index in [9.17, 15) is 14.7 Å². The minimum absolute atomic E-state index is 0.0500. The summed E-state index contributed by atoms with van der Waals surface area (Å²) in [7, 11) is 1.54. The molecule has 0 radical (unpaired) electrons. The van der Waals surface area contributed by atoms with E-state index in [-0.39, 0.29) is 30.2 Å². The number of aliphatic hydroxyl groups excluding tert-OH is 1. The summed E-state index contributed by atoms with van der Waals surface area (Å²) in [5.41, 5.74) is 3.01. The number of methoxy groups -OCH3 is 1. The van der Waals surface area contributed by atoms with Crippen molar-refractivity contribution >= 4 is 35.0 Å². The molecule has 0 saturated heterocycles. The average molecular weight is 487 g/mol. The number of benzene rings is 2. The molecule has 0 aliphatic carbocycles. The van der Waals surface area contributed by atoms with Crippen molar-refractivity contribution in [2.24, 2.45) is 0 Å². The topological polar surface area (TPSA) is 105 Å². The normalized spacial score (nSPS) is 13.6. The molecule has 10 heteroatoms. The van der Waals surface area contributed by atoms with Crippen LogP contribution in [0.25, 0.3) is 11.3 Å². The number of aromatic nitrogens is 2. The van der Waals surface area contributed by atoms with Gasteiger partial charge in [-0.05, 0) is 40.9 Å². The summed E-state index contributed by atoms with van der Waals surface area (Å²) in [4.78, 5) is 35.1. The fraction of sp³-hybridized carbons (Fsp3) is 0.217. The van der Waals surface area contributed by atoms with E-state index in [4.69, 9.17) is 27.9 Å². The Balaban J connectivity index is 1.47. The van der Waals surface area contributed by atoms with Crippen LogP contribution >= 0.6 is 23.2 Å². The lowest BCUT2D eigenvalue weighted by Crippen LogP contribution is -2.40. The lowest BCUT2D eigenvalue weighted by molar-refractivity contribution is -0.122. The van der Waals surface area contributed by atoms with Gasteiger partial charge in [0.15, 0.2) is 0 Å². The van der Waals surface area contributed by atoms with E-state index in [0.29, 0.717) is 39.7 Å². The second kappa shape index (κ2) is 9.74. The Morgan fingerprint density at radius 3 is 2.85 bits per heavy atom. The van der Waals surface area contributed by atoms with Gasteiger partial charge in [0.25, 0.3) is 5.91 Å². The first-order chi connectivity index (χ1) is 15.9. The van der Waals surface area contributed by atoms with Crippen molar-refractivity contribution in [2.45, 2.75) is 12.6 Å². The Labute approximate surface area is 200 Å². The van der Waals surface area contributed by atoms with Crippen molar-refractivity contribution in [3.05, 3.63) is 75.7 Å². The summed E-state index contributed by atoms with van der Waals surface area (Å²) in [6.07, 6.45) is 1.40. The Morgan fingerprint density at radius 2 is 2.09 bits per heavy atom. The number of carbonyl (C=O) groups is 2. The number of rotatable bonds is 7. The smallest absolute Gasteiger partial charge is 0.254 e. The number of ether oxygens (including phenoxy) is 1. The quantitative estimate of drug-likeness (QED) is 0.496. The molecule has 2 N–H and O–H groups in total. The average Bonchev–Trinajstić information content (AvgIpc) is 3.13. The lowest BCUT2D eigenvalue weighted by atomic mass is 10.0. The van der Waals surface area contributed by atoms with E-state index >= 15 is 0 Å². The van der Waals surface area contributed by atoms with Gasteiger partial charge in [0, 0.05) is 17.7 Å². The Hall–Kier alpha value is -3.20. The second-order valence-corrected chi connectivity index (χ2v) is 8.19. The van der Waals surface area contributed by atoms with Gasteiger partial charge in [-0.1, -0.05) is 35.9 Å². The molecule has 0 fully saturated rings. The molecule has 2 amide bonds. The van der Waals surface area contributed by atoms with Gasteiger partial charge in [-0.3, -0.25) is 9.59 Å². The second-order valence-electron chi connectivity index (χ2n) is 7.45. The van der Waals surface area contributed by atoms with Crippen LogP contribution in [0.2, 0.25) is 10.3 Å². The molecule has 1 atom stereocenters. The van der Waals surface area contributed by atoms with Crippen molar-refractivity contribution in [3.63, 3.8) is 0 Å². The molecule has 0 spiro atoms. The van der Waals surface area contributed by atoms with Crippen LogP contribution in [0, 0.1) is 0 Å². The van der Waals surface area contributed by atoms with Gasteiger partial charge in [0.2, 0.25) is 11.2 Å². The summed E-state index contributed by atoms with van der Waals surface area (Å²) in [6.45, 7) is -0.148. The van der Waals surface area contributed by atoms with E-state index in [1.807, 2.05) is 0 Å². The fourth-order valence-electron chi connectivity index (χ4n) is 3.69. The van der Waals surface area contributed by atoms with Crippen LogP contribution in [-0.4, -0.2) is 52.1 Å². The van der Waals surface area contributed by atoms with Crippen molar-refractivity contribution in [3.8, 4) is 17.0 Å². The molecule has 2 heterocycles. The molecule has 4 rings (SSSR count). The van der Waals surface area contributed by atoms with Gasteiger partial charge < -0.3 is 20.1 Å². The predicted molar refractivity (Wildman–Crippen MR) is 123 cm³/mol. The molecule has 0 saturated carbocycles. The molecule has 0 unspecified atom stereocenters. The fourth-order valence-corrected chi connectivity index (χ4v) is 4.02. The number of carbonyl (C=O) groups excluding carboxylic acids is 2. The van der Waals surface area contributed by atoms with Crippen molar-refractivity contribution in [2.75, 3.05) is 20.3 Å². The van der Waals surface area contributed by atoms with Gasteiger partial charge in [0.05, 0.1) is 36.7 Å². The third-order valence-electron chi connectivity index (χ3n) is 5.33. The maximum Gasteiger partial charge on any atom is 0.254 e. The summed E-state index contributed by atoms with van der Waals surface area (Å²) < 4.78 is 5.20. The summed E-state index contributed by atoms with van der Waals surface area (Å²) in [5, 5.41) is 12.9. The zero-order valence-corrected chi connectivity index (χ0v) is 19.1. The molecule has 33 heavy (non-hydrogen) atoms. The van der Waals surface area contributed by atoms with E-state index in [2.05, 4.69) is 15.3 Å². The SMILES string of the molecule is COc1cccc([C@@H](CO)NC(=O)CN2Cc3ccc(-c4nc(Cl)ncc4Cl)cc3C2=O)c1. The highest BCUT2D eigenvalue weighted by atomic mass is 35.5. The first-order valence-corrected chi connectivity index (χ1v) is 10.8. The third kappa shape index (κ3) is 4.93. The summed E-state index contributed by atoms with van der Waals surface area (Å²) in [6, 6.07) is 11.7. The maximum absolute atomic E-state index is 13.0. The maximum atomic E-state index is 13.0. The molecule has 1 aromatic heterocycles. The monoisotopic (exact) mass is 486 g/mol. The molecule has 3 aromatic rings. The number of halogens is 2. The highest BCUT2D eigenvalue weighted by Gasteiger charge is 2.30. The summed E-state index contributed by atoms with van der Waals surface area (Å²) >= 11 is 12.1. The molecular weight excluding hydrogens is 467 g/mol. The number of amides is 2. The number of nitrogens with zero attached hydrogens (tertiary/aromatic N) is 3. The van der Waals surface area contributed by atoms with Crippen LogP contribution < -0.4 is 10.1 Å². The van der Waals surface area contributed by atoms with Crippen molar-refractivity contribution in [1.29, 1.82) is 0 Å². The van der Waals surface area contributed by atoms with Crippen molar-refractivity contribution in [1.82, 2.24) is 20.2 Å². The molecule has 1 aliphatic rings. The Bertz CT molecular complexity index is 1220. The summed E-state index contributed by atoms with van der Waals surface area (Å²) in [5.74, 6) is -0.0460. The van der Waals surface area contributed by atoms with E-state index in [1.165, 1.54) is 11.1 Å². The van der Waals surface area contributed by atoms with E-state index in [0.717, 1.165) is 5.56 Å². The Morgan fingerprint density at radius 1 is 1.27 bits per heavy atom. The number of nitrogens with one attached hydrogen (secondary N) is 1.